The maximum atomic E-state index is 13.3. The van der Waals surface area contributed by atoms with Gasteiger partial charge in [0, 0.05) is 6.42 Å². The van der Waals surface area contributed by atoms with Crippen molar-refractivity contribution in [3.63, 3.8) is 0 Å². The van der Waals surface area contributed by atoms with Gasteiger partial charge in [0.25, 0.3) is 0 Å². The van der Waals surface area contributed by atoms with Gasteiger partial charge in [0.15, 0.2) is 0 Å². The Labute approximate surface area is 213 Å². The number of hydrogen-bond acceptors (Lipinski definition) is 6. The summed E-state index contributed by atoms with van der Waals surface area (Å²) in [5.74, 6) is -2.30. The van der Waals surface area contributed by atoms with Crippen LogP contribution in [0.15, 0.2) is 30.3 Å². The molecule has 1 aliphatic rings. The molecule has 0 aliphatic carbocycles. The van der Waals surface area contributed by atoms with Gasteiger partial charge in [-0.1, -0.05) is 44.2 Å². The first-order valence-corrected chi connectivity index (χ1v) is 12.8. The zero-order chi connectivity index (χ0) is 26.5. The third-order valence-corrected chi connectivity index (χ3v) is 6.19. The molecule has 4 atom stereocenters. The monoisotopic (exact) mass is 503 g/mol. The number of amides is 3. The molecule has 10 heteroatoms. The van der Waals surface area contributed by atoms with Gasteiger partial charge in [-0.15, -0.1) is 0 Å². The Hall–Kier alpha value is -2.98. The van der Waals surface area contributed by atoms with Gasteiger partial charge in [0.1, 0.15) is 18.1 Å². The number of nitrogens with two attached hydrogens (primary N) is 1. The van der Waals surface area contributed by atoms with Crippen LogP contribution in [0.5, 0.6) is 0 Å². The number of hydrogen-bond donors (Lipinski definition) is 6. The molecule has 7 N–H and O–H groups in total. The summed E-state index contributed by atoms with van der Waals surface area (Å²) in [6, 6.07) is 5.94. The number of carbonyl (C=O) groups is 4. The predicted molar refractivity (Wildman–Crippen MR) is 137 cm³/mol. The fraction of sp³-hybridized carbons (Fsp3) is 0.615. The van der Waals surface area contributed by atoms with E-state index < -0.39 is 35.9 Å². The molecule has 2 rings (SSSR count). The van der Waals surface area contributed by atoms with Crippen molar-refractivity contribution in [2.75, 3.05) is 13.1 Å². The summed E-state index contributed by atoms with van der Waals surface area (Å²) in [4.78, 5) is 50.9. The molecular formula is C26H41N5O5. The minimum atomic E-state index is -1.14. The number of benzene rings is 1. The maximum absolute atomic E-state index is 13.3. The Kier molecular flexibility index (Phi) is 12.4. The molecule has 1 fully saturated rings. The molecular weight excluding hydrogens is 462 g/mol. The van der Waals surface area contributed by atoms with Crippen molar-refractivity contribution < 1.29 is 24.3 Å². The smallest absolute Gasteiger partial charge is 0.326 e. The van der Waals surface area contributed by atoms with Gasteiger partial charge >= 0.3 is 5.97 Å². The molecule has 36 heavy (non-hydrogen) atoms. The molecule has 0 radical (unpaired) electrons. The molecule has 0 bridgehead atoms. The number of nitrogens with one attached hydrogen (secondary N) is 4. The standard InChI is InChI=1S/C26H41N5O5/c1-17(2)15-21(30-23(32)19-12-8-14-28-19)24(33)31-22(16-18-9-4-3-5-10-18)25(34)29-20(26(35)36)11-6-7-13-27/h3-5,9-10,17,19-22,28H,6-8,11-16,27H2,1-2H3,(H,29,34)(H,30,32)(H,31,33)(H,35,36). The number of carboxylic acids is 1. The van der Waals surface area contributed by atoms with E-state index in [9.17, 15) is 24.3 Å². The summed E-state index contributed by atoms with van der Waals surface area (Å²) in [5.41, 5.74) is 6.31. The summed E-state index contributed by atoms with van der Waals surface area (Å²) >= 11 is 0. The van der Waals surface area contributed by atoms with Crippen LogP contribution in [-0.2, 0) is 25.6 Å². The lowest BCUT2D eigenvalue weighted by Gasteiger charge is -2.26. The second-order valence-electron chi connectivity index (χ2n) is 9.77. The molecule has 1 aromatic rings. The SMILES string of the molecule is CC(C)CC(NC(=O)C1CCCN1)C(=O)NC(Cc1ccccc1)C(=O)NC(CCCCN)C(=O)O. The van der Waals surface area contributed by atoms with Crippen LogP contribution < -0.4 is 27.0 Å². The summed E-state index contributed by atoms with van der Waals surface area (Å²) in [6.07, 6.45) is 3.64. The van der Waals surface area contributed by atoms with E-state index in [0.717, 1.165) is 18.5 Å². The number of aliphatic carboxylic acids is 1. The van der Waals surface area contributed by atoms with Crippen LogP contribution in [0.3, 0.4) is 0 Å². The van der Waals surface area contributed by atoms with Gasteiger partial charge in [-0.05, 0) is 63.1 Å². The van der Waals surface area contributed by atoms with Gasteiger partial charge in [-0.25, -0.2) is 4.79 Å². The molecule has 4 unspecified atom stereocenters. The molecule has 0 saturated carbocycles. The average molecular weight is 504 g/mol. The van der Waals surface area contributed by atoms with Gasteiger partial charge in [-0.2, -0.15) is 0 Å². The molecule has 200 valence electrons. The summed E-state index contributed by atoms with van der Waals surface area (Å²) < 4.78 is 0. The quantitative estimate of drug-likeness (QED) is 0.192. The van der Waals surface area contributed by atoms with Crippen LogP contribution in [0.25, 0.3) is 0 Å². The average Bonchev–Trinajstić information content (AvgIpc) is 3.38. The van der Waals surface area contributed by atoms with E-state index in [2.05, 4.69) is 21.3 Å². The highest BCUT2D eigenvalue weighted by Crippen LogP contribution is 2.11. The highest BCUT2D eigenvalue weighted by molar-refractivity contribution is 5.94. The van der Waals surface area contributed by atoms with E-state index in [1.165, 1.54) is 0 Å². The Morgan fingerprint density at radius 1 is 1.00 bits per heavy atom. The molecule has 1 saturated heterocycles. The van der Waals surface area contributed by atoms with Gasteiger partial charge < -0.3 is 32.1 Å². The van der Waals surface area contributed by atoms with Crippen LogP contribution in [0, 0.1) is 5.92 Å². The van der Waals surface area contributed by atoms with E-state index in [4.69, 9.17) is 5.73 Å². The second kappa shape index (κ2) is 15.2. The predicted octanol–water partition coefficient (Wildman–Crippen LogP) is 0.695. The Bertz CT molecular complexity index is 858. The fourth-order valence-electron chi connectivity index (χ4n) is 4.24. The molecule has 0 spiro atoms. The third-order valence-electron chi connectivity index (χ3n) is 6.19. The minimum Gasteiger partial charge on any atom is -0.480 e. The number of carbonyl (C=O) groups excluding carboxylic acids is 3. The molecule has 10 nitrogen and oxygen atoms in total. The second-order valence-corrected chi connectivity index (χ2v) is 9.77. The summed E-state index contributed by atoms with van der Waals surface area (Å²) in [6.45, 7) is 5.10. The van der Waals surface area contributed by atoms with Crippen molar-refractivity contribution in [2.24, 2.45) is 11.7 Å². The van der Waals surface area contributed by atoms with E-state index in [0.29, 0.717) is 32.2 Å². The topological polar surface area (TPSA) is 163 Å². The van der Waals surface area contributed by atoms with Crippen molar-refractivity contribution in [2.45, 2.75) is 83.0 Å². The van der Waals surface area contributed by atoms with Crippen molar-refractivity contribution >= 4 is 23.7 Å². The fourth-order valence-corrected chi connectivity index (χ4v) is 4.24. The summed E-state index contributed by atoms with van der Waals surface area (Å²) in [5, 5.41) is 20.9. The van der Waals surface area contributed by atoms with Gasteiger partial charge in [0.2, 0.25) is 17.7 Å². The van der Waals surface area contributed by atoms with Crippen molar-refractivity contribution in [1.29, 1.82) is 0 Å². The van der Waals surface area contributed by atoms with E-state index in [1.807, 2.05) is 44.2 Å². The lowest BCUT2D eigenvalue weighted by Crippen LogP contribution is -2.57. The molecule has 0 aromatic heterocycles. The Morgan fingerprint density at radius 2 is 1.67 bits per heavy atom. The van der Waals surface area contributed by atoms with Crippen molar-refractivity contribution in [3.05, 3.63) is 35.9 Å². The van der Waals surface area contributed by atoms with Crippen molar-refractivity contribution in [1.82, 2.24) is 21.3 Å². The first kappa shape index (κ1) is 29.3. The molecule has 1 aliphatic heterocycles. The molecule has 1 heterocycles. The first-order valence-electron chi connectivity index (χ1n) is 12.8. The zero-order valence-electron chi connectivity index (χ0n) is 21.3. The third kappa shape index (κ3) is 9.94. The normalized spacial score (nSPS) is 17.7. The first-order chi connectivity index (χ1) is 17.2. The van der Waals surface area contributed by atoms with E-state index in [-0.39, 0.29) is 30.7 Å². The molecule has 3 amide bonds. The van der Waals surface area contributed by atoms with E-state index >= 15 is 0 Å². The lowest BCUT2D eigenvalue weighted by atomic mass is 10.00. The largest absolute Gasteiger partial charge is 0.480 e. The Morgan fingerprint density at radius 3 is 2.25 bits per heavy atom. The van der Waals surface area contributed by atoms with Crippen LogP contribution in [0.4, 0.5) is 0 Å². The van der Waals surface area contributed by atoms with Crippen LogP contribution in [0.2, 0.25) is 0 Å². The molecule has 1 aromatic carbocycles. The van der Waals surface area contributed by atoms with Crippen LogP contribution >= 0.6 is 0 Å². The Balaban J connectivity index is 2.16. The zero-order valence-corrected chi connectivity index (χ0v) is 21.3. The number of carboxylic acid groups (broad SMARTS) is 1. The maximum Gasteiger partial charge on any atom is 0.326 e. The van der Waals surface area contributed by atoms with Gasteiger partial charge in [-0.3, -0.25) is 14.4 Å². The number of unbranched alkanes of at least 4 members (excludes halogenated alkanes) is 1. The van der Waals surface area contributed by atoms with Crippen molar-refractivity contribution in [3.8, 4) is 0 Å². The van der Waals surface area contributed by atoms with Crippen LogP contribution in [-0.4, -0.2) is 66.1 Å². The van der Waals surface area contributed by atoms with Crippen LogP contribution in [0.1, 0.15) is 57.9 Å². The number of rotatable bonds is 15. The highest BCUT2D eigenvalue weighted by atomic mass is 16.4. The summed E-state index contributed by atoms with van der Waals surface area (Å²) in [7, 11) is 0. The van der Waals surface area contributed by atoms with Gasteiger partial charge in [0.05, 0.1) is 6.04 Å². The lowest BCUT2D eigenvalue weighted by molar-refractivity contribution is -0.142. The highest BCUT2D eigenvalue weighted by Gasteiger charge is 2.31. The minimum absolute atomic E-state index is 0.123. The van der Waals surface area contributed by atoms with E-state index in [1.54, 1.807) is 0 Å².